The fourth-order valence-electron chi connectivity index (χ4n) is 1.45. The molecule has 1 aromatic carbocycles. The molecule has 1 aliphatic heterocycles. The molecule has 4 heteroatoms. The topological polar surface area (TPSA) is 0 Å². The molecule has 0 aromatic heterocycles. The molecule has 2 rings (SSSR count). The number of hydrogen-bond acceptors (Lipinski definition) is 4. The normalized spacial score (nSPS) is 19.1. The Kier molecular flexibility index (Phi) is 4.43. The summed E-state index contributed by atoms with van der Waals surface area (Å²) in [4.78, 5) is 0. The molecule has 1 aromatic rings. The lowest BCUT2D eigenvalue weighted by Gasteiger charge is -2.13. The van der Waals surface area contributed by atoms with Gasteiger partial charge in [-0.3, -0.25) is 0 Å². The molecule has 0 fully saturated rings. The maximum atomic E-state index is 4.42. The van der Waals surface area contributed by atoms with E-state index in [9.17, 15) is 0 Å². The van der Waals surface area contributed by atoms with Crippen molar-refractivity contribution in [1.82, 2.24) is 0 Å². The summed E-state index contributed by atoms with van der Waals surface area (Å²) in [7, 11) is 0. The molecule has 0 N–H and O–H groups in total. The fraction of sp³-hybridized carbons (Fsp3) is 0.273. The van der Waals surface area contributed by atoms with Crippen LogP contribution in [0.4, 0.5) is 0 Å². The van der Waals surface area contributed by atoms with E-state index >= 15 is 0 Å². The van der Waals surface area contributed by atoms with Gasteiger partial charge in [0.15, 0.2) is 0 Å². The predicted molar refractivity (Wildman–Crippen MR) is 79.1 cm³/mol. The number of thiol groups is 2. The summed E-state index contributed by atoms with van der Waals surface area (Å²) in [5.74, 6) is 2.80. The second-order valence-electron chi connectivity index (χ2n) is 3.34. The zero-order valence-corrected chi connectivity index (χ0v) is 11.5. The van der Waals surface area contributed by atoms with Crippen molar-refractivity contribution in [2.75, 3.05) is 11.5 Å². The van der Waals surface area contributed by atoms with E-state index in [1.54, 1.807) is 23.5 Å². The second kappa shape index (κ2) is 5.62. The third-order valence-electron chi connectivity index (χ3n) is 2.30. The van der Waals surface area contributed by atoms with Crippen LogP contribution in [0.25, 0.3) is 0 Å². The summed E-state index contributed by atoms with van der Waals surface area (Å²) in [6.07, 6.45) is 0. The predicted octanol–water partition coefficient (Wildman–Crippen LogP) is 4.24. The van der Waals surface area contributed by atoms with Crippen molar-refractivity contribution in [2.24, 2.45) is 0 Å². The van der Waals surface area contributed by atoms with Gasteiger partial charge in [-0.2, -0.15) is 0 Å². The summed E-state index contributed by atoms with van der Waals surface area (Å²) in [5, 5.41) is 0. The highest BCUT2D eigenvalue weighted by molar-refractivity contribution is 8.21. The Morgan fingerprint density at radius 2 is 1.47 bits per heavy atom. The van der Waals surface area contributed by atoms with Gasteiger partial charge in [-0.05, 0) is 5.56 Å². The Bertz CT molecular complexity index is 342. The van der Waals surface area contributed by atoms with Crippen LogP contribution in [-0.2, 0) is 0 Å². The minimum Gasteiger partial charge on any atom is -0.135 e. The van der Waals surface area contributed by atoms with E-state index in [1.807, 2.05) is 0 Å². The number of rotatable bonds is 1. The van der Waals surface area contributed by atoms with Crippen LogP contribution in [0.5, 0.6) is 0 Å². The van der Waals surface area contributed by atoms with E-state index in [0.29, 0.717) is 5.92 Å². The summed E-state index contributed by atoms with van der Waals surface area (Å²) in [6.45, 7) is 0. The van der Waals surface area contributed by atoms with Crippen LogP contribution in [0.3, 0.4) is 0 Å². The highest BCUT2D eigenvalue weighted by atomic mass is 32.2. The van der Waals surface area contributed by atoms with Crippen LogP contribution in [0.2, 0.25) is 0 Å². The summed E-state index contributed by atoms with van der Waals surface area (Å²) in [5.41, 5.74) is 1.42. The van der Waals surface area contributed by atoms with E-state index in [0.717, 1.165) is 20.0 Å². The second-order valence-corrected chi connectivity index (χ2v) is 6.90. The molecule has 0 atom stereocenters. The molecule has 15 heavy (non-hydrogen) atoms. The molecule has 0 saturated carbocycles. The first-order valence-corrected chi connectivity index (χ1v) is 7.56. The first kappa shape index (κ1) is 11.8. The Balaban J connectivity index is 2.10. The molecule has 0 radical (unpaired) electrons. The SMILES string of the molecule is SC1=C(S)SCC(c2ccccc2)CS1. The van der Waals surface area contributed by atoms with Crippen molar-refractivity contribution in [1.29, 1.82) is 0 Å². The van der Waals surface area contributed by atoms with E-state index in [1.165, 1.54) is 5.56 Å². The Hall–Kier alpha value is 0.360. The summed E-state index contributed by atoms with van der Waals surface area (Å²) >= 11 is 12.4. The average molecular weight is 272 g/mol. The van der Waals surface area contributed by atoms with Crippen LogP contribution in [-0.4, -0.2) is 11.5 Å². The largest absolute Gasteiger partial charge is 0.135 e. The molecule has 0 amide bonds. The molecule has 0 nitrogen and oxygen atoms in total. The van der Waals surface area contributed by atoms with Gasteiger partial charge in [0, 0.05) is 17.4 Å². The van der Waals surface area contributed by atoms with Crippen molar-refractivity contribution >= 4 is 48.8 Å². The van der Waals surface area contributed by atoms with Crippen LogP contribution in [0.1, 0.15) is 11.5 Å². The Morgan fingerprint density at radius 3 is 2.00 bits per heavy atom. The molecule has 0 unspecified atom stereocenters. The number of benzene rings is 1. The van der Waals surface area contributed by atoms with E-state index < -0.39 is 0 Å². The van der Waals surface area contributed by atoms with Crippen molar-refractivity contribution in [2.45, 2.75) is 5.92 Å². The first-order chi connectivity index (χ1) is 7.27. The lowest BCUT2D eigenvalue weighted by molar-refractivity contribution is 0.899. The van der Waals surface area contributed by atoms with Gasteiger partial charge in [0.25, 0.3) is 0 Å². The molecule has 1 heterocycles. The standard InChI is InChI=1S/C11H12S4/c12-10-11(13)15-7-9(6-14-10)8-4-2-1-3-5-8/h1-5,9,12-13H,6-7H2. The molecule has 80 valence electrons. The van der Waals surface area contributed by atoms with Gasteiger partial charge in [-0.25, -0.2) is 0 Å². The molecule has 1 aliphatic rings. The lowest BCUT2D eigenvalue weighted by atomic mass is 10.0. The summed E-state index contributed by atoms with van der Waals surface area (Å²) in [6, 6.07) is 10.7. The van der Waals surface area contributed by atoms with Gasteiger partial charge >= 0.3 is 0 Å². The van der Waals surface area contributed by atoms with Gasteiger partial charge in [-0.15, -0.1) is 48.8 Å². The maximum Gasteiger partial charge on any atom is 0.0569 e. The zero-order valence-electron chi connectivity index (χ0n) is 8.09. The smallest absolute Gasteiger partial charge is 0.0569 e. The van der Waals surface area contributed by atoms with Gasteiger partial charge in [0.1, 0.15) is 0 Å². The maximum absolute atomic E-state index is 4.42. The zero-order chi connectivity index (χ0) is 10.7. The van der Waals surface area contributed by atoms with Crippen LogP contribution < -0.4 is 0 Å². The van der Waals surface area contributed by atoms with Crippen molar-refractivity contribution in [3.05, 3.63) is 44.4 Å². The lowest BCUT2D eigenvalue weighted by Crippen LogP contribution is -2.03. The van der Waals surface area contributed by atoms with Crippen LogP contribution in [0, 0.1) is 0 Å². The number of thioether (sulfide) groups is 2. The minimum atomic E-state index is 0.605. The van der Waals surface area contributed by atoms with Crippen molar-refractivity contribution in [3.63, 3.8) is 0 Å². The fourth-order valence-corrected chi connectivity index (χ4v) is 4.37. The Labute approximate surface area is 110 Å². The van der Waals surface area contributed by atoms with E-state index in [-0.39, 0.29) is 0 Å². The molecular formula is C11H12S4. The van der Waals surface area contributed by atoms with Crippen LogP contribution in [0.15, 0.2) is 38.8 Å². The Morgan fingerprint density at radius 1 is 0.933 bits per heavy atom. The molecule has 0 spiro atoms. The average Bonchev–Trinajstić information content (AvgIpc) is 2.44. The summed E-state index contributed by atoms with van der Waals surface area (Å²) < 4.78 is 2.11. The molecule has 0 aliphatic carbocycles. The molecule has 0 bridgehead atoms. The van der Waals surface area contributed by atoms with Crippen LogP contribution >= 0.6 is 48.8 Å². The van der Waals surface area contributed by atoms with E-state index in [4.69, 9.17) is 0 Å². The van der Waals surface area contributed by atoms with Gasteiger partial charge in [0.05, 0.1) is 8.47 Å². The van der Waals surface area contributed by atoms with Crippen molar-refractivity contribution in [3.8, 4) is 0 Å². The van der Waals surface area contributed by atoms with Gasteiger partial charge in [0.2, 0.25) is 0 Å². The highest BCUT2D eigenvalue weighted by Crippen LogP contribution is 2.41. The first-order valence-electron chi connectivity index (χ1n) is 4.70. The molecule has 0 saturated heterocycles. The minimum absolute atomic E-state index is 0.605. The quantitative estimate of drug-likeness (QED) is 0.734. The molecular weight excluding hydrogens is 260 g/mol. The third kappa shape index (κ3) is 3.16. The highest BCUT2D eigenvalue weighted by Gasteiger charge is 2.17. The van der Waals surface area contributed by atoms with E-state index in [2.05, 4.69) is 55.6 Å². The van der Waals surface area contributed by atoms with Gasteiger partial charge in [-0.1, -0.05) is 30.3 Å². The van der Waals surface area contributed by atoms with Crippen molar-refractivity contribution < 1.29 is 0 Å². The van der Waals surface area contributed by atoms with Gasteiger partial charge < -0.3 is 0 Å². The monoisotopic (exact) mass is 272 g/mol. The third-order valence-corrected chi connectivity index (χ3v) is 6.22. The number of hydrogen-bond donors (Lipinski definition) is 2.